The Kier molecular flexibility index (Phi) is 3.31. The maximum atomic E-state index is 6.90. The quantitative estimate of drug-likeness (QED) is 0.638. The molecule has 0 aliphatic carbocycles. The van der Waals surface area contributed by atoms with Gasteiger partial charge in [-0.1, -0.05) is 28.1 Å². The monoisotopic (exact) mass is 287 g/mol. The number of hydrogen-bond acceptors (Lipinski definition) is 2. The largest absolute Gasteiger partial charge is 0.398 e. The van der Waals surface area contributed by atoms with Gasteiger partial charge in [-0.05, 0) is 30.3 Å². The van der Waals surface area contributed by atoms with E-state index in [4.69, 9.17) is 12.3 Å². The molecule has 0 atom stereocenters. The van der Waals surface area contributed by atoms with Crippen molar-refractivity contribution >= 4 is 38.7 Å². The molecule has 2 rings (SSSR count). The molecule has 0 amide bonds. The van der Waals surface area contributed by atoms with Gasteiger partial charge in [0, 0.05) is 15.8 Å². The molecule has 0 saturated heterocycles. The second kappa shape index (κ2) is 4.89. The molecule has 0 radical (unpaired) electrons. The van der Waals surface area contributed by atoms with Crippen molar-refractivity contribution < 1.29 is 0 Å². The van der Waals surface area contributed by atoms with Gasteiger partial charge in [0.1, 0.15) is 0 Å². The van der Waals surface area contributed by atoms with E-state index in [9.17, 15) is 0 Å². The molecular weight excluding hydrogens is 278 g/mol. The minimum atomic E-state index is 0.544. The molecule has 0 aliphatic heterocycles. The number of benzene rings is 2. The average molecular weight is 288 g/mol. The summed E-state index contributed by atoms with van der Waals surface area (Å²) >= 11 is 3.41. The standard InChI is InChI=1S/C13H10BrN3/c1-16-10-5-6-13(12(15)8-10)17-11-4-2-3-9(14)7-11/h2-8,17H,15H2. The van der Waals surface area contributed by atoms with Gasteiger partial charge in [0.15, 0.2) is 5.69 Å². The summed E-state index contributed by atoms with van der Waals surface area (Å²) in [6.45, 7) is 6.90. The molecule has 0 aliphatic rings. The van der Waals surface area contributed by atoms with E-state index in [0.29, 0.717) is 11.4 Å². The van der Waals surface area contributed by atoms with E-state index >= 15 is 0 Å². The lowest BCUT2D eigenvalue weighted by Crippen LogP contribution is -1.95. The van der Waals surface area contributed by atoms with Crippen molar-refractivity contribution in [2.45, 2.75) is 0 Å². The van der Waals surface area contributed by atoms with Crippen LogP contribution in [0.3, 0.4) is 0 Å². The van der Waals surface area contributed by atoms with Crippen molar-refractivity contribution in [3.05, 3.63) is 58.4 Å². The lowest BCUT2D eigenvalue weighted by atomic mass is 10.2. The van der Waals surface area contributed by atoms with E-state index in [1.807, 2.05) is 30.3 Å². The van der Waals surface area contributed by atoms with Crippen LogP contribution in [0.25, 0.3) is 4.85 Å². The van der Waals surface area contributed by atoms with Crippen molar-refractivity contribution in [2.24, 2.45) is 0 Å². The Labute approximate surface area is 108 Å². The first-order valence-electron chi connectivity index (χ1n) is 4.98. The van der Waals surface area contributed by atoms with Crippen LogP contribution in [0.1, 0.15) is 0 Å². The fourth-order valence-electron chi connectivity index (χ4n) is 1.46. The Bertz CT molecular complexity index is 587. The molecule has 3 N–H and O–H groups in total. The zero-order chi connectivity index (χ0) is 12.3. The second-order valence-electron chi connectivity index (χ2n) is 3.52. The van der Waals surface area contributed by atoms with Crippen LogP contribution < -0.4 is 11.1 Å². The summed E-state index contributed by atoms with van der Waals surface area (Å²) in [4.78, 5) is 3.33. The van der Waals surface area contributed by atoms with Gasteiger partial charge in [-0.2, -0.15) is 0 Å². The fraction of sp³-hybridized carbons (Fsp3) is 0. The summed E-state index contributed by atoms with van der Waals surface area (Å²) in [6.07, 6.45) is 0. The molecule has 4 heteroatoms. The Hall–Kier alpha value is -1.99. The number of nitrogen functional groups attached to an aromatic ring is 1. The minimum Gasteiger partial charge on any atom is -0.398 e. The normalized spacial score (nSPS) is 9.65. The van der Waals surface area contributed by atoms with Crippen LogP contribution in [-0.2, 0) is 0 Å². The van der Waals surface area contributed by atoms with Crippen molar-refractivity contribution in [3.63, 3.8) is 0 Å². The van der Waals surface area contributed by atoms with Crippen LogP contribution in [0.2, 0.25) is 0 Å². The van der Waals surface area contributed by atoms with E-state index in [0.717, 1.165) is 15.8 Å². The summed E-state index contributed by atoms with van der Waals surface area (Å²) in [5.74, 6) is 0. The van der Waals surface area contributed by atoms with Crippen molar-refractivity contribution in [1.82, 2.24) is 0 Å². The molecule has 0 unspecified atom stereocenters. The summed E-state index contributed by atoms with van der Waals surface area (Å²) in [5, 5.41) is 3.21. The van der Waals surface area contributed by atoms with E-state index in [1.165, 1.54) is 0 Å². The zero-order valence-electron chi connectivity index (χ0n) is 8.94. The number of nitrogens with zero attached hydrogens (tertiary/aromatic N) is 1. The van der Waals surface area contributed by atoms with Crippen LogP contribution in [-0.4, -0.2) is 0 Å². The molecule has 0 heterocycles. The molecule has 0 spiro atoms. The summed E-state index contributed by atoms with van der Waals surface area (Å²) in [5.41, 5.74) is 8.72. The highest BCUT2D eigenvalue weighted by Crippen LogP contribution is 2.28. The van der Waals surface area contributed by atoms with Crippen LogP contribution in [0.4, 0.5) is 22.7 Å². The van der Waals surface area contributed by atoms with Gasteiger partial charge in [-0.25, -0.2) is 4.85 Å². The highest BCUT2D eigenvalue weighted by atomic mass is 79.9. The predicted molar refractivity (Wildman–Crippen MR) is 74.5 cm³/mol. The smallest absolute Gasteiger partial charge is 0.189 e. The van der Waals surface area contributed by atoms with Crippen LogP contribution >= 0.6 is 15.9 Å². The van der Waals surface area contributed by atoms with Crippen molar-refractivity contribution in [3.8, 4) is 0 Å². The third kappa shape index (κ3) is 2.77. The molecule has 0 fully saturated rings. The highest BCUT2D eigenvalue weighted by molar-refractivity contribution is 9.10. The van der Waals surface area contributed by atoms with Gasteiger partial charge >= 0.3 is 0 Å². The highest BCUT2D eigenvalue weighted by Gasteiger charge is 2.01. The first-order valence-corrected chi connectivity index (χ1v) is 5.78. The van der Waals surface area contributed by atoms with E-state index in [1.54, 1.807) is 12.1 Å². The first-order chi connectivity index (χ1) is 8.19. The van der Waals surface area contributed by atoms with E-state index in [-0.39, 0.29) is 0 Å². The van der Waals surface area contributed by atoms with Crippen LogP contribution in [0.5, 0.6) is 0 Å². The minimum absolute atomic E-state index is 0.544. The van der Waals surface area contributed by atoms with Gasteiger partial charge < -0.3 is 11.1 Å². The summed E-state index contributed by atoms with van der Waals surface area (Å²) in [7, 11) is 0. The number of nitrogens with one attached hydrogen (secondary N) is 1. The van der Waals surface area contributed by atoms with E-state index < -0.39 is 0 Å². The summed E-state index contributed by atoms with van der Waals surface area (Å²) in [6, 6.07) is 13.0. The van der Waals surface area contributed by atoms with Crippen LogP contribution in [0, 0.1) is 6.57 Å². The Morgan fingerprint density at radius 3 is 2.65 bits per heavy atom. The molecule has 0 aromatic heterocycles. The molecule has 0 bridgehead atoms. The maximum Gasteiger partial charge on any atom is 0.189 e. The molecule has 2 aromatic rings. The Balaban J connectivity index is 2.28. The van der Waals surface area contributed by atoms with Gasteiger partial charge in [-0.3, -0.25) is 0 Å². The van der Waals surface area contributed by atoms with Crippen molar-refractivity contribution in [1.29, 1.82) is 0 Å². The third-order valence-electron chi connectivity index (χ3n) is 2.27. The topological polar surface area (TPSA) is 42.4 Å². The molecule has 3 nitrogen and oxygen atoms in total. The fourth-order valence-corrected chi connectivity index (χ4v) is 1.85. The first kappa shape index (κ1) is 11.5. The zero-order valence-corrected chi connectivity index (χ0v) is 10.5. The van der Waals surface area contributed by atoms with Crippen molar-refractivity contribution in [2.75, 3.05) is 11.1 Å². The number of nitrogens with two attached hydrogens (primary N) is 1. The predicted octanol–water partition coefficient (Wildman–Crippen LogP) is 4.33. The third-order valence-corrected chi connectivity index (χ3v) is 2.76. The number of anilines is 3. The molecular formula is C13H10BrN3. The second-order valence-corrected chi connectivity index (χ2v) is 4.43. The van der Waals surface area contributed by atoms with Gasteiger partial charge in [0.25, 0.3) is 0 Å². The lowest BCUT2D eigenvalue weighted by Gasteiger charge is -2.09. The molecule has 84 valence electrons. The average Bonchev–Trinajstić information content (AvgIpc) is 2.32. The Morgan fingerprint density at radius 1 is 1.18 bits per heavy atom. The van der Waals surface area contributed by atoms with E-state index in [2.05, 4.69) is 26.1 Å². The number of hydrogen-bond donors (Lipinski definition) is 2. The summed E-state index contributed by atoms with van der Waals surface area (Å²) < 4.78 is 0.999. The van der Waals surface area contributed by atoms with Crippen LogP contribution in [0.15, 0.2) is 46.9 Å². The SMILES string of the molecule is [C-]#[N+]c1ccc(Nc2cccc(Br)c2)c(N)c1. The number of halogens is 1. The lowest BCUT2D eigenvalue weighted by molar-refractivity contribution is 1.53. The van der Waals surface area contributed by atoms with Gasteiger partial charge in [-0.15, -0.1) is 0 Å². The Morgan fingerprint density at radius 2 is 2.00 bits per heavy atom. The molecule has 17 heavy (non-hydrogen) atoms. The molecule has 0 saturated carbocycles. The molecule has 2 aromatic carbocycles. The van der Waals surface area contributed by atoms with Gasteiger partial charge in [0.2, 0.25) is 0 Å². The maximum absolute atomic E-state index is 6.90. The number of rotatable bonds is 2. The van der Waals surface area contributed by atoms with Gasteiger partial charge in [0.05, 0.1) is 12.3 Å².